The molecule has 0 radical (unpaired) electrons. The summed E-state index contributed by atoms with van der Waals surface area (Å²) in [5, 5.41) is 0.196. The van der Waals surface area contributed by atoms with Crippen LogP contribution in [0.25, 0.3) is 0 Å². The Bertz CT molecular complexity index is 391. The quantitative estimate of drug-likeness (QED) is 0.561. The number of rotatable bonds is 5. The topological polar surface area (TPSA) is 35.5 Å². The van der Waals surface area contributed by atoms with Crippen LogP contribution in [0.15, 0.2) is 11.1 Å². The lowest BCUT2D eigenvalue weighted by molar-refractivity contribution is -0.136. The van der Waals surface area contributed by atoms with Gasteiger partial charge in [0.2, 0.25) is 0 Å². The van der Waals surface area contributed by atoms with Crippen LogP contribution in [0.2, 0.25) is 18.1 Å². The van der Waals surface area contributed by atoms with Crippen molar-refractivity contribution in [1.82, 2.24) is 0 Å². The zero-order chi connectivity index (χ0) is 15.6. The second-order valence-electron chi connectivity index (χ2n) is 7.31. The van der Waals surface area contributed by atoms with Crippen LogP contribution in [0.3, 0.4) is 0 Å². The van der Waals surface area contributed by atoms with Crippen molar-refractivity contribution in [3.8, 4) is 0 Å². The minimum atomic E-state index is -1.77. The van der Waals surface area contributed by atoms with E-state index in [0.29, 0.717) is 12.5 Å². The van der Waals surface area contributed by atoms with Crippen LogP contribution in [0, 0.1) is 5.92 Å². The molecule has 0 fully saturated rings. The molecule has 0 aromatic rings. The molecule has 0 heterocycles. The number of ether oxygens (including phenoxy) is 1. The van der Waals surface area contributed by atoms with Gasteiger partial charge < -0.3 is 9.16 Å². The lowest BCUT2D eigenvalue weighted by Gasteiger charge is -2.36. The molecular weight excluding hydrogens is 268 g/mol. The molecule has 116 valence electrons. The molecule has 0 aromatic heterocycles. The number of hydrogen-bond acceptors (Lipinski definition) is 3. The maximum absolute atomic E-state index is 11.9. The molecule has 0 aliphatic heterocycles. The van der Waals surface area contributed by atoms with Crippen molar-refractivity contribution < 1.29 is 14.0 Å². The minimum absolute atomic E-state index is 0.171. The number of esters is 1. The summed E-state index contributed by atoms with van der Waals surface area (Å²) in [5.74, 6) is 0.400. The Morgan fingerprint density at radius 3 is 2.35 bits per heavy atom. The second kappa shape index (κ2) is 6.44. The normalized spacial score (nSPS) is 20.4. The zero-order valence-electron chi connectivity index (χ0n) is 14.1. The molecule has 0 saturated heterocycles. The molecule has 0 saturated carbocycles. The summed E-state index contributed by atoms with van der Waals surface area (Å²) in [6, 6.07) is 0. The van der Waals surface area contributed by atoms with E-state index in [-0.39, 0.29) is 11.0 Å². The monoisotopic (exact) mass is 298 g/mol. The first-order valence-corrected chi connectivity index (χ1v) is 10.5. The summed E-state index contributed by atoms with van der Waals surface area (Å²) in [5.41, 5.74) is 2.02. The van der Waals surface area contributed by atoms with Gasteiger partial charge in [0.15, 0.2) is 8.32 Å². The van der Waals surface area contributed by atoms with E-state index in [1.807, 2.05) is 0 Å². The third-order valence-corrected chi connectivity index (χ3v) is 9.36. The highest BCUT2D eigenvalue weighted by molar-refractivity contribution is 6.74. The molecule has 3 nitrogen and oxygen atoms in total. The lowest BCUT2D eigenvalue weighted by Crippen LogP contribution is -2.41. The van der Waals surface area contributed by atoms with Crippen LogP contribution in [0.1, 0.15) is 47.0 Å². The Kier molecular flexibility index (Phi) is 5.61. The summed E-state index contributed by atoms with van der Waals surface area (Å²) in [6.07, 6.45) is 2.93. The molecule has 4 heteroatoms. The Balaban J connectivity index is 2.80. The van der Waals surface area contributed by atoms with Crippen molar-refractivity contribution in [2.45, 2.75) is 65.1 Å². The number of hydrogen-bond donors (Lipinski definition) is 0. The van der Waals surface area contributed by atoms with Crippen molar-refractivity contribution in [1.29, 1.82) is 0 Å². The Morgan fingerprint density at radius 2 is 1.90 bits per heavy atom. The van der Waals surface area contributed by atoms with Crippen LogP contribution in [0.4, 0.5) is 0 Å². The van der Waals surface area contributed by atoms with Crippen LogP contribution in [0.5, 0.6) is 0 Å². The smallest absolute Gasteiger partial charge is 0.333 e. The van der Waals surface area contributed by atoms with Crippen molar-refractivity contribution in [3.63, 3.8) is 0 Å². The first-order valence-electron chi connectivity index (χ1n) is 7.55. The molecule has 1 aliphatic rings. The lowest BCUT2D eigenvalue weighted by atomic mass is 10.0. The Hall–Kier alpha value is -0.613. The van der Waals surface area contributed by atoms with Crippen molar-refractivity contribution in [2.75, 3.05) is 13.7 Å². The van der Waals surface area contributed by atoms with Gasteiger partial charge in [-0.2, -0.15) is 0 Å². The first-order chi connectivity index (χ1) is 9.12. The Labute approximate surface area is 124 Å². The molecule has 0 bridgehead atoms. The maximum atomic E-state index is 11.9. The Morgan fingerprint density at radius 1 is 1.30 bits per heavy atom. The summed E-state index contributed by atoms with van der Waals surface area (Å²) < 4.78 is 11.2. The molecule has 1 rings (SSSR count). The largest absolute Gasteiger partial charge is 0.466 e. The van der Waals surface area contributed by atoms with Crippen LogP contribution < -0.4 is 0 Å². The van der Waals surface area contributed by atoms with Gasteiger partial charge in [0.25, 0.3) is 0 Å². The van der Waals surface area contributed by atoms with Gasteiger partial charge in [0, 0.05) is 5.57 Å². The standard InChI is InChI=1S/C16H30O3Si/c1-8-12-9-13(14(10-12)15(17)18-5)11-19-20(6,7)16(2,3)4/h12H,8-11H2,1-7H3/t12-/m1/s1. The van der Waals surface area contributed by atoms with E-state index in [4.69, 9.17) is 9.16 Å². The predicted octanol–water partition coefficient (Wildman–Crippen LogP) is 4.30. The van der Waals surface area contributed by atoms with E-state index in [2.05, 4.69) is 40.8 Å². The first kappa shape index (κ1) is 17.4. The molecule has 1 aliphatic carbocycles. The highest BCUT2D eigenvalue weighted by Gasteiger charge is 2.38. The summed E-state index contributed by atoms with van der Waals surface area (Å²) in [4.78, 5) is 11.9. The molecule has 0 amide bonds. The van der Waals surface area contributed by atoms with Gasteiger partial charge in [-0.25, -0.2) is 4.79 Å². The number of carbonyl (C=O) groups excluding carboxylic acids is 1. The average Bonchev–Trinajstić information content (AvgIpc) is 2.77. The highest BCUT2D eigenvalue weighted by Crippen LogP contribution is 2.39. The molecule has 20 heavy (non-hydrogen) atoms. The van der Waals surface area contributed by atoms with Gasteiger partial charge in [-0.3, -0.25) is 0 Å². The van der Waals surface area contributed by atoms with Gasteiger partial charge in [0.1, 0.15) is 0 Å². The molecular formula is C16H30O3Si. The number of methoxy groups -OCH3 is 1. The van der Waals surface area contributed by atoms with Gasteiger partial charge >= 0.3 is 5.97 Å². The van der Waals surface area contributed by atoms with Gasteiger partial charge in [-0.1, -0.05) is 34.1 Å². The van der Waals surface area contributed by atoms with E-state index in [9.17, 15) is 4.79 Å². The summed E-state index contributed by atoms with van der Waals surface area (Å²) >= 11 is 0. The van der Waals surface area contributed by atoms with Crippen LogP contribution >= 0.6 is 0 Å². The molecule has 0 aromatic carbocycles. The van der Waals surface area contributed by atoms with Crippen LogP contribution in [-0.2, 0) is 14.0 Å². The SMILES string of the molecule is CC[C@@H]1CC(CO[Si](C)(C)C(C)(C)C)=C(C(=O)OC)C1. The van der Waals surface area contributed by atoms with E-state index < -0.39 is 8.32 Å². The van der Waals surface area contributed by atoms with E-state index in [1.165, 1.54) is 7.11 Å². The van der Waals surface area contributed by atoms with E-state index in [1.54, 1.807) is 0 Å². The molecule has 1 atom stereocenters. The summed E-state index contributed by atoms with van der Waals surface area (Å²) in [7, 11) is -0.306. The fraction of sp³-hybridized carbons (Fsp3) is 0.812. The predicted molar refractivity (Wildman–Crippen MR) is 85.2 cm³/mol. The van der Waals surface area contributed by atoms with Gasteiger partial charge in [-0.05, 0) is 42.5 Å². The fourth-order valence-electron chi connectivity index (χ4n) is 2.25. The molecule has 0 N–H and O–H groups in total. The number of carbonyl (C=O) groups is 1. The maximum Gasteiger partial charge on any atom is 0.333 e. The molecule has 0 spiro atoms. The van der Waals surface area contributed by atoms with E-state index >= 15 is 0 Å². The average molecular weight is 298 g/mol. The molecule has 0 unspecified atom stereocenters. The van der Waals surface area contributed by atoms with Crippen molar-refractivity contribution in [3.05, 3.63) is 11.1 Å². The zero-order valence-corrected chi connectivity index (χ0v) is 15.1. The second-order valence-corrected chi connectivity index (χ2v) is 12.1. The third kappa shape index (κ3) is 3.95. The highest BCUT2D eigenvalue weighted by atomic mass is 28.4. The third-order valence-electron chi connectivity index (χ3n) is 4.88. The van der Waals surface area contributed by atoms with Crippen molar-refractivity contribution >= 4 is 14.3 Å². The minimum Gasteiger partial charge on any atom is -0.466 e. The van der Waals surface area contributed by atoms with Crippen LogP contribution in [-0.4, -0.2) is 28.0 Å². The summed E-state index contributed by atoms with van der Waals surface area (Å²) in [6.45, 7) is 14.0. The fourth-order valence-corrected chi connectivity index (χ4v) is 3.21. The van der Waals surface area contributed by atoms with Gasteiger partial charge in [0.05, 0.1) is 13.7 Å². The van der Waals surface area contributed by atoms with Crippen molar-refractivity contribution in [2.24, 2.45) is 5.92 Å². The van der Waals surface area contributed by atoms with E-state index in [0.717, 1.165) is 30.4 Å². The van der Waals surface area contributed by atoms with Gasteiger partial charge in [-0.15, -0.1) is 0 Å².